The molecule has 6 heteroatoms. The summed E-state index contributed by atoms with van der Waals surface area (Å²) in [6, 6.07) is 12.1. The van der Waals surface area contributed by atoms with Crippen LogP contribution >= 0.6 is 0 Å². The van der Waals surface area contributed by atoms with E-state index in [1.165, 1.54) is 12.1 Å². The number of carboxylic acid groups (broad SMARTS) is 1. The Hall–Kier alpha value is -2.86. The van der Waals surface area contributed by atoms with Crippen molar-refractivity contribution in [1.29, 1.82) is 0 Å². The van der Waals surface area contributed by atoms with Crippen LogP contribution in [0.3, 0.4) is 0 Å². The maximum atomic E-state index is 12.2. The highest BCUT2D eigenvalue weighted by Gasteiger charge is 2.09. The molecule has 0 fully saturated rings. The minimum atomic E-state index is -0.963. The van der Waals surface area contributed by atoms with E-state index >= 15 is 0 Å². The van der Waals surface area contributed by atoms with Crippen LogP contribution in [-0.2, 0) is 16.0 Å². The molecule has 0 spiro atoms. The Balaban J connectivity index is 1.93. The number of amides is 1. The number of nitrogens with one attached hydrogen (secondary N) is 1. The number of benzene rings is 2. The van der Waals surface area contributed by atoms with Crippen LogP contribution in [0.5, 0.6) is 5.75 Å². The van der Waals surface area contributed by atoms with Crippen LogP contribution in [0, 0.1) is 6.92 Å². The van der Waals surface area contributed by atoms with Gasteiger partial charge in [0.05, 0.1) is 17.9 Å². The zero-order chi connectivity index (χ0) is 18.9. The predicted octanol–water partition coefficient (Wildman–Crippen LogP) is 3.29. The number of methoxy groups -OCH3 is 1. The van der Waals surface area contributed by atoms with Gasteiger partial charge in [0.15, 0.2) is 0 Å². The largest absolute Gasteiger partial charge is 0.489 e. The summed E-state index contributed by atoms with van der Waals surface area (Å²) in [5.41, 5.74) is 2.80. The summed E-state index contributed by atoms with van der Waals surface area (Å²) < 4.78 is 10.6. The van der Waals surface area contributed by atoms with E-state index in [0.29, 0.717) is 31.1 Å². The van der Waals surface area contributed by atoms with Gasteiger partial charge in [-0.15, -0.1) is 0 Å². The molecule has 0 bridgehead atoms. The topological polar surface area (TPSA) is 84.9 Å². The first-order valence-corrected chi connectivity index (χ1v) is 8.34. The average molecular weight is 357 g/mol. The van der Waals surface area contributed by atoms with Crippen LogP contribution < -0.4 is 10.1 Å². The monoisotopic (exact) mass is 357 g/mol. The molecule has 0 saturated heterocycles. The SMILES string of the molecule is COCCOc1cc(C)ccc1NC(=O)CCc1ccc(C(=O)O)cc1. The lowest BCUT2D eigenvalue weighted by molar-refractivity contribution is -0.116. The van der Waals surface area contributed by atoms with Crippen molar-refractivity contribution in [2.45, 2.75) is 19.8 Å². The molecule has 1 amide bonds. The predicted molar refractivity (Wildman–Crippen MR) is 98.9 cm³/mol. The Bertz CT molecular complexity index is 755. The van der Waals surface area contributed by atoms with Crippen LogP contribution in [0.25, 0.3) is 0 Å². The maximum Gasteiger partial charge on any atom is 0.335 e. The highest BCUT2D eigenvalue weighted by atomic mass is 16.5. The minimum absolute atomic E-state index is 0.132. The van der Waals surface area contributed by atoms with Gasteiger partial charge in [-0.2, -0.15) is 0 Å². The Labute approximate surface area is 152 Å². The van der Waals surface area contributed by atoms with Crippen molar-refractivity contribution in [3.05, 3.63) is 59.2 Å². The van der Waals surface area contributed by atoms with Crippen molar-refractivity contribution in [2.75, 3.05) is 25.6 Å². The second kappa shape index (κ2) is 9.58. The maximum absolute atomic E-state index is 12.2. The van der Waals surface area contributed by atoms with Gasteiger partial charge >= 0.3 is 5.97 Å². The molecular formula is C20H23NO5. The Morgan fingerprint density at radius 3 is 2.46 bits per heavy atom. The molecule has 2 aromatic rings. The zero-order valence-electron chi connectivity index (χ0n) is 15.0. The van der Waals surface area contributed by atoms with Crippen molar-refractivity contribution in [2.24, 2.45) is 0 Å². The van der Waals surface area contributed by atoms with E-state index < -0.39 is 5.97 Å². The number of carbonyl (C=O) groups is 2. The molecule has 0 radical (unpaired) electrons. The van der Waals surface area contributed by atoms with Gasteiger partial charge in [0.2, 0.25) is 5.91 Å². The molecule has 0 unspecified atom stereocenters. The fourth-order valence-corrected chi connectivity index (χ4v) is 2.37. The molecule has 138 valence electrons. The molecule has 0 aliphatic heterocycles. The zero-order valence-corrected chi connectivity index (χ0v) is 15.0. The van der Waals surface area contributed by atoms with E-state index in [1.807, 2.05) is 25.1 Å². The van der Waals surface area contributed by atoms with Crippen molar-refractivity contribution < 1.29 is 24.2 Å². The third-order valence-electron chi connectivity index (χ3n) is 3.80. The summed E-state index contributed by atoms with van der Waals surface area (Å²) in [6.45, 7) is 2.82. The van der Waals surface area contributed by atoms with Crippen molar-refractivity contribution in [1.82, 2.24) is 0 Å². The lowest BCUT2D eigenvalue weighted by atomic mass is 10.1. The number of aromatic carboxylic acids is 1. The lowest BCUT2D eigenvalue weighted by Crippen LogP contribution is -2.14. The minimum Gasteiger partial charge on any atom is -0.489 e. The highest BCUT2D eigenvalue weighted by Crippen LogP contribution is 2.26. The van der Waals surface area contributed by atoms with Crippen molar-refractivity contribution in [3.63, 3.8) is 0 Å². The summed E-state index contributed by atoms with van der Waals surface area (Å²) in [4.78, 5) is 23.1. The quantitative estimate of drug-likeness (QED) is 0.673. The first-order valence-electron chi connectivity index (χ1n) is 8.34. The van der Waals surface area contributed by atoms with Gasteiger partial charge in [0, 0.05) is 13.5 Å². The molecule has 0 saturated carbocycles. The number of hydrogen-bond acceptors (Lipinski definition) is 4. The van der Waals surface area contributed by atoms with E-state index in [4.69, 9.17) is 14.6 Å². The van der Waals surface area contributed by atoms with Crippen LogP contribution in [0.2, 0.25) is 0 Å². The lowest BCUT2D eigenvalue weighted by Gasteiger charge is -2.13. The number of rotatable bonds is 9. The molecular weight excluding hydrogens is 334 g/mol. The van der Waals surface area contributed by atoms with Gasteiger partial charge in [-0.25, -0.2) is 4.79 Å². The molecule has 0 atom stereocenters. The van der Waals surface area contributed by atoms with Crippen LogP contribution in [0.1, 0.15) is 27.9 Å². The summed E-state index contributed by atoms with van der Waals surface area (Å²) >= 11 is 0. The fraction of sp³-hybridized carbons (Fsp3) is 0.300. The number of aryl methyl sites for hydroxylation is 2. The average Bonchev–Trinajstić information content (AvgIpc) is 2.62. The molecule has 26 heavy (non-hydrogen) atoms. The fourth-order valence-electron chi connectivity index (χ4n) is 2.37. The molecule has 6 nitrogen and oxygen atoms in total. The van der Waals surface area contributed by atoms with E-state index in [0.717, 1.165) is 11.1 Å². The normalized spacial score (nSPS) is 10.4. The second-order valence-corrected chi connectivity index (χ2v) is 5.89. The van der Waals surface area contributed by atoms with E-state index in [2.05, 4.69) is 5.32 Å². The molecule has 0 heterocycles. The van der Waals surface area contributed by atoms with E-state index in [-0.39, 0.29) is 17.9 Å². The molecule has 2 rings (SSSR count). The summed E-state index contributed by atoms with van der Waals surface area (Å²) in [5, 5.41) is 11.8. The first-order chi connectivity index (χ1) is 12.5. The van der Waals surface area contributed by atoms with Crippen LogP contribution in [0.4, 0.5) is 5.69 Å². The highest BCUT2D eigenvalue weighted by molar-refractivity contribution is 5.92. The van der Waals surface area contributed by atoms with Gasteiger partial charge in [-0.1, -0.05) is 18.2 Å². The third kappa shape index (κ3) is 5.89. The van der Waals surface area contributed by atoms with Crippen LogP contribution in [0.15, 0.2) is 42.5 Å². The standard InChI is InChI=1S/C20H23NO5/c1-14-3-9-17(18(13-14)26-12-11-25-2)21-19(22)10-6-15-4-7-16(8-5-15)20(23)24/h3-5,7-9,13H,6,10-12H2,1-2H3,(H,21,22)(H,23,24). The molecule has 0 aromatic heterocycles. The summed E-state index contributed by atoms with van der Waals surface area (Å²) in [7, 11) is 1.60. The number of carboxylic acids is 1. The van der Waals surface area contributed by atoms with Crippen molar-refractivity contribution in [3.8, 4) is 5.75 Å². The summed E-state index contributed by atoms with van der Waals surface area (Å²) in [6.07, 6.45) is 0.815. The molecule has 2 aromatic carbocycles. The number of ether oxygens (including phenoxy) is 2. The van der Waals surface area contributed by atoms with E-state index in [1.54, 1.807) is 19.2 Å². The Morgan fingerprint density at radius 2 is 1.81 bits per heavy atom. The number of carbonyl (C=O) groups excluding carboxylic acids is 1. The van der Waals surface area contributed by atoms with Gasteiger partial charge in [0.25, 0.3) is 0 Å². The van der Waals surface area contributed by atoms with Crippen molar-refractivity contribution >= 4 is 17.6 Å². The first kappa shape index (κ1) is 19.5. The molecule has 0 aliphatic rings. The Kier molecular flexibility index (Phi) is 7.17. The summed E-state index contributed by atoms with van der Waals surface area (Å²) in [5.74, 6) is -0.483. The second-order valence-electron chi connectivity index (χ2n) is 5.89. The van der Waals surface area contributed by atoms with Gasteiger partial charge in [-0.3, -0.25) is 4.79 Å². The van der Waals surface area contributed by atoms with Crippen LogP contribution in [-0.4, -0.2) is 37.3 Å². The van der Waals surface area contributed by atoms with Gasteiger partial charge < -0.3 is 19.9 Å². The van der Waals surface area contributed by atoms with Gasteiger partial charge in [0.1, 0.15) is 12.4 Å². The molecule has 2 N–H and O–H groups in total. The number of hydrogen-bond donors (Lipinski definition) is 2. The molecule has 0 aliphatic carbocycles. The third-order valence-corrected chi connectivity index (χ3v) is 3.80. The Morgan fingerprint density at radius 1 is 1.08 bits per heavy atom. The van der Waals surface area contributed by atoms with E-state index in [9.17, 15) is 9.59 Å². The smallest absolute Gasteiger partial charge is 0.335 e. The number of anilines is 1. The van der Waals surface area contributed by atoms with Gasteiger partial charge in [-0.05, 0) is 48.7 Å².